The minimum Gasteiger partial charge on any atom is -0.302 e. The van der Waals surface area contributed by atoms with Crippen LogP contribution in [0.5, 0.6) is 0 Å². The van der Waals surface area contributed by atoms with Gasteiger partial charge >= 0.3 is 0 Å². The zero-order chi connectivity index (χ0) is 22.3. The lowest BCUT2D eigenvalue weighted by Gasteiger charge is -2.25. The van der Waals surface area contributed by atoms with E-state index in [1.807, 2.05) is 27.7 Å². The number of nitrogens with zero attached hydrogens (tertiary/aromatic N) is 2. The van der Waals surface area contributed by atoms with Gasteiger partial charge in [0.25, 0.3) is 0 Å². The highest BCUT2D eigenvalue weighted by molar-refractivity contribution is 7.89. The molecule has 0 spiro atoms. The lowest BCUT2D eigenvalue weighted by atomic mass is 9.93. The maximum absolute atomic E-state index is 13.3. The number of fused-ring (bicyclic) bond motifs is 3. The third-order valence-corrected chi connectivity index (χ3v) is 8.74. The lowest BCUT2D eigenvalue weighted by molar-refractivity contribution is -0.120. The molecular weight excluding hydrogens is 430 g/mol. The molecule has 3 atom stereocenters. The van der Waals surface area contributed by atoms with Crippen molar-refractivity contribution in [2.45, 2.75) is 45.4 Å². The molecule has 2 bridgehead atoms. The summed E-state index contributed by atoms with van der Waals surface area (Å²) >= 11 is 1.33. The number of benzene rings is 1. The minimum absolute atomic E-state index is 0.0126. The normalized spacial score (nSPS) is 23.0. The van der Waals surface area contributed by atoms with Crippen molar-refractivity contribution < 1.29 is 13.2 Å². The van der Waals surface area contributed by atoms with E-state index in [0.717, 1.165) is 17.5 Å². The highest BCUT2D eigenvalue weighted by Gasteiger charge is 2.40. The number of thiazole rings is 1. The predicted molar refractivity (Wildman–Crippen MR) is 126 cm³/mol. The number of rotatable bonds is 8. The molecule has 1 aromatic carbocycles. The highest BCUT2D eigenvalue weighted by Crippen LogP contribution is 2.44. The van der Waals surface area contributed by atoms with Gasteiger partial charge in [0.2, 0.25) is 15.9 Å². The molecule has 1 heterocycles. The van der Waals surface area contributed by atoms with Crippen LogP contribution in [0, 0.1) is 29.6 Å². The summed E-state index contributed by atoms with van der Waals surface area (Å²) in [6.45, 7) is 9.07. The quantitative estimate of drug-likeness (QED) is 0.576. The number of amides is 1. The molecule has 1 amide bonds. The number of nitrogens with one attached hydrogen (secondary N) is 1. The van der Waals surface area contributed by atoms with Crippen LogP contribution in [0.4, 0.5) is 5.13 Å². The predicted octanol–water partition coefficient (Wildman–Crippen LogP) is 4.75. The van der Waals surface area contributed by atoms with Gasteiger partial charge in [-0.1, -0.05) is 51.2 Å². The summed E-state index contributed by atoms with van der Waals surface area (Å²) in [5, 5.41) is 3.50. The SMILES string of the molecule is CC(C)CN(CC(C)C)S(=O)(=O)c1ccc2nc(NC(=O)C3CC4C=CC3C4)sc2c1. The Kier molecular flexibility index (Phi) is 6.25. The maximum Gasteiger partial charge on any atom is 0.243 e. The summed E-state index contributed by atoms with van der Waals surface area (Å²) in [6.07, 6.45) is 6.36. The standard InChI is InChI=1S/C23H31N3O3S2/c1-14(2)12-26(13-15(3)4)31(28,29)18-7-8-20-21(11-18)30-23(24-20)25-22(27)19-10-16-5-6-17(19)9-16/h5-8,11,14-17,19H,9-10,12-13H2,1-4H3,(H,24,25,27). The third-order valence-electron chi connectivity index (χ3n) is 5.98. The Balaban J connectivity index is 1.55. The topological polar surface area (TPSA) is 79.4 Å². The molecule has 4 rings (SSSR count). The Morgan fingerprint density at radius 3 is 2.45 bits per heavy atom. The summed E-state index contributed by atoms with van der Waals surface area (Å²) in [4.78, 5) is 17.5. The fourth-order valence-electron chi connectivity index (χ4n) is 4.63. The molecule has 0 radical (unpaired) electrons. The molecular formula is C23H31N3O3S2. The Morgan fingerprint density at radius 1 is 1.16 bits per heavy atom. The van der Waals surface area contributed by atoms with Gasteiger partial charge in [-0.25, -0.2) is 13.4 Å². The van der Waals surface area contributed by atoms with E-state index in [4.69, 9.17) is 0 Å². The van der Waals surface area contributed by atoms with Crippen LogP contribution in [0.15, 0.2) is 35.2 Å². The first-order valence-electron chi connectivity index (χ1n) is 11.0. The average molecular weight is 462 g/mol. The molecule has 8 heteroatoms. The summed E-state index contributed by atoms with van der Waals surface area (Å²) in [7, 11) is -3.60. The summed E-state index contributed by atoms with van der Waals surface area (Å²) in [5.74, 6) is 1.38. The molecule has 168 valence electrons. The first-order chi connectivity index (χ1) is 14.6. The maximum atomic E-state index is 13.3. The number of carbonyl (C=O) groups excluding carboxylic acids is 1. The van der Waals surface area contributed by atoms with Crippen molar-refractivity contribution in [3.63, 3.8) is 0 Å². The van der Waals surface area contributed by atoms with E-state index in [2.05, 4.69) is 22.5 Å². The number of aromatic nitrogens is 1. The zero-order valence-corrected chi connectivity index (χ0v) is 20.2. The van der Waals surface area contributed by atoms with Crippen LogP contribution in [0.1, 0.15) is 40.5 Å². The number of hydrogen-bond acceptors (Lipinski definition) is 5. The van der Waals surface area contributed by atoms with Crippen LogP contribution < -0.4 is 5.32 Å². The second kappa shape index (κ2) is 8.64. The molecule has 2 aliphatic rings. The fraction of sp³-hybridized carbons (Fsp3) is 0.565. The van der Waals surface area contributed by atoms with E-state index < -0.39 is 10.0 Å². The average Bonchev–Trinajstić information content (AvgIpc) is 3.41. The molecule has 31 heavy (non-hydrogen) atoms. The number of allylic oxidation sites excluding steroid dienone is 2. The molecule has 0 aliphatic heterocycles. The number of sulfonamides is 1. The first-order valence-corrected chi connectivity index (χ1v) is 13.3. The Bertz CT molecular complexity index is 1090. The van der Waals surface area contributed by atoms with Crippen molar-refractivity contribution in [2.75, 3.05) is 18.4 Å². The van der Waals surface area contributed by atoms with Gasteiger partial charge in [0.1, 0.15) is 0 Å². The largest absolute Gasteiger partial charge is 0.302 e. The van der Waals surface area contributed by atoms with Gasteiger partial charge in [0.15, 0.2) is 5.13 Å². The molecule has 6 nitrogen and oxygen atoms in total. The van der Waals surface area contributed by atoms with Crippen molar-refractivity contribution in [1.29, 1.82) is 0 Å². The van der Waals surface area contributed by atoms with E-state index >= 15 is 0 Å². The molecule has 1 aromatic heterocycles. The number of carbonyl (C=O) groups is 1. The zero-order valence-electron chi connectivity index (χ0n) is 18.5. The van der Waals surface area contributed by atoms with Gasteiger partial charge in [-0.05, 0) is 54.7 Å². The first kappa shape index (κ1) is 22.4. The van der Waals surface area contributed by atoms with Crippen LogP contribution in [0.2, 0.25) is 0 Å². The monoisotopic (exact) mass is 461 g/mol. The van der Waals surface area contributed by atoms with Crippen LogP contribution >= 0.6 is 11.3 Å². The van der Waals surface area contributed by atoms with Gasteiger partial charge in [-0.3, -0.25) is 4.79 Å². The van der Waals surface area contributed by atoms with Crippen molar-refractivity contribution in [1.82, 2.24) is 9.29 Å². The fourth-order valence-corrected chi connectivity index (χ4v) is 7.41. The van der Waals surface area contributed by atoms with Crippen molar-refractivity contribution in [3.05, 3.63) is 30.4 Å². The summed E-state index contributed by atoms with van der Waals surface area (Å²) in [6, 6.07) is 5.04. The van der Waals surface area contributed by atoms with Crippen LogP contribution in [-0.2, 0) is 14.8 Å². The van der Waals surface area contributed by atoms with Crippen LogP contribution in [-0.4, -0.2) is 36.7 Å². The van der Waals surface area contributed by atoms with Gasteiger partial charge in [-0.15, -0.1) is 0 Å². The van der Waals surface area contributed by atoms with E-state index in [-0.39, 0.29) is 28.6 Å². The van der Waals surface area contributed by atoms with Crippen molar-refractivity contribution in [2.24, 2.45) is 29.6 Å². The van der Waals surface area contributed by atoms with Crippen LogP contribution in [0.3, 0.4) is 0 Å². The van der Waals surface area contributed by atoms with E-state index in [0.29, 0.717) is 35.6 Å². The van der Waals surface area contributed by atoms with Gasteiger partial charge in [0, 0.05) is 19.0 Å². The Hall–Kier alpha value is -1.77. The van der Waals surface area contributed by atoms with E-state index in [1.54, 1.807) is 22.5 Å². The van der Waals surface area contributed by atoms with Gasteiger partial charge in [0.05, 0.1) is 15.1 Å². The number of anilines is 1. The van der Waals surface area contributed by atoms with Crippen LogP contribution in [0.25, 0.3) is 10.2 Å². The Labute approximate surface area is 188 Å². The summed E-state index contributed by atoms with van der Waals surface area (Å²) < 4.78 is 29.0. The van der Waals surface area contributed by atoms with Gasteiger partial charge in [-0.2, -0.15) is 4.31 Å². The van der Waals surface area contributed by atoms with Crippen molar-refractivity contribution in [3.8, 4) is 0 Å². The second-order valence-electron chi connectivity index (χ2n) is 9.63. The van der Waals surface area contributed by atoms with E-state index in [9.17, 15) is 13.2 Å². The molecule has 2 aromatic rings. The Morgan fingerprint density at radius 2 is 1.87 bits per heavy atom. The van der Waals surface area contributed by atoms with Gasteiger partial charge < -0.3 is 5.32 Å². The van der Waals surface area contributed by atoms with Crippen molar-refractivity contribution >= 4 is 42.6 Å². The minimum atomic E-state index is -3.60. The third kappa shape index (κ3) is 4.71. The molecule has 1 fully saturated rings. The molecule has 3 unspecified atom stereocenters. The molecule has 1 saturated carbocycles. The second-order valence-corrected chi connectivity index (χ2v) is 12.6. The number of hydrogen-bond donors (Lipinski definition) is 1. The molecule has 1 N–H and O–H groups in total. The summed E-state index contributed by atoms with van der Waals surface area (Å²) in [5.41, 5.74) is 0.700. The smallest absolute Gasteiger partial charge is 0.243 e. The van der Waals surface area contributed by atoms with E-state index in [1.165, 1.54) is 11.3 Å². The molecule has 2 aliphatic carbocycles. The lowest BCUT2D eigenvalue weighted by Crippen LogP contribution is -2.37. The molecule has 0 saturated heterocycles. The highest BCUT2D eigenvalue weighted by atomic mass is 32.2.